The molecule has 19 heavy (non-hydrogen) atoms. The van der Waals surface area contributed by atoms with Crippen molar-refractivity contribution in [3.63, 3.8) is 0 Å². The van der Waals surface area contributed by atoms with Gasteiger partial charge in [-0.2, -0.15) is 0 Å². The van der Waals surface area contributed by atoms with Crippen molar-refractivity contribution in [2.45, 2.75) is 38.6 Å². The maximum Gasteiger partial charge on any atom is 0.301 e. The van der Waals surface area contributed by atoms with Crippen LogP contribution in [-0.2, 0) is 0 Å². The van der Waals surface area contributed by atoms with Crippen molar-refractivity contribution in [2.75, 3.05) is 17.6 Å². The van der Waals surface area contributed by atoms with Gasteiger partial charge >= 0.3 is 5.69 Å². The molecule has 1 aromatic heterocycles. The maximum absolute atomic E-state index is 11.0. The van der Waals surface area contributed by atoms with Gasteiger partial charge in [0.2, 0.25) is 0 Å². The summed E-state index contributed by atoms with van der Waals surface area (Å²) in [4.78, 5) is 14.9. The van der Waals surface area contributed by atoms with Crippen molar-refractivity contribution in [3.8, 4) is 0 Å². The van der Waals surface area contributed by atoms with E-state index in [-0.39, 0.29) is 10.6 Å². The number of rotatable bonds is 8. The van der Waals surface area contributed by atoms with Crippen molar-refractivity contribution >= 4 is 23.3 Å². The SMILES string of the molecule is CCCNc1ccc([N+](=O)[O-])c(SCCC(C)C)n1. The number of thioether (sulfide) groups is 1. The molecule has 0 aliphatic rings. The van der Waals surface area contributed by atoms with E-state index in [1.165, 1.54) is 17.8 Å². The molecule has 1 heterocycles. The minimum Gasteiger partial charge on any atom is -0.370 e. The van der Waals surface area contributed by atoms with Crippen molar-refractivity contribution in [3.05, 3.63) is 22.2 Å². The van der Waals surface area contributed by atoms with Crippen LogP contribution in [0.3, 0.4) is 0 Å². The summed E-state index contributed by atoms with van der Waals surface area (Å²) in [6.45, 7) is 7.17. The maximum atomic E-state index is 11.0. The lowest BCUT2D eigenvalue weighted by Crippen LogP contribution is -2.04. The largest absolute Gasteiger partial charge is 0.370 e. The molecule has 0 saturated heterocycles. The molecule has 1 rings (SSSR count). The monoisotopic (exact) mass is 283 g/mol. The highest BCUT2D eigenvalue weighted by molar-refractivity contribution is 7.99. The average molecular weight is 283 g/mol. The molecule has 6 heteroatoms. The standard InChI is InChI=1S/C13H21N3O2S/c1-4-8-14-12-6-5-11(16(17)18)13(15-12)19-9-7-10(2)3/h5-6,10H,4,7-9H2,1-3H3,(H,14,15). The number of pyridine rings is 1. The fraction of sp³-hybridized carbons (Fsp3) is 0.615. The van der Waals surface area contributed by atoms with Gasteiger partial charge in [-0.1, -0.05) is 32.5 Å². The third-order valence-electron chi connectivity index (χ3n) is 2.53. The molecule has 0 aliphatic heterocycles. The van der Waals surface area contributed by atoms with E-state index in [1.54, 1.807) is 6.07 Å². The number of nitro groups is 1. The van der Waals surface area contributed by atoms with Crippen molar-refractivity contribution < 1.29 is 4.92 Å². The van der Waals surface area contributed by atoms with E-state index in [0.717, 1.165) is 25.1 Å². The van der Waals surface area contributed by atoms with Crippen LogP contribution in [0.25, 0.3) is 0 Å². The number of nitrogens with one attached hydrogen (secondary N) is 1. The van der Waals surface area contributed by atoms with Gasteiger partial charge in [0, 0.05) is 12.6 Å². The van der Waals surface area contributed by atoms with Gasteiger partial charge in [0.15, 0.2) is 5.03 Å². The Bertz CT molecular complexity index is 424. The van der Waals surface area contributed by atoms with Crippen LogP contribution in [-0.4, -0.2) is 22.2 Å². The van der Waals surface area contributed by atoms with E-state index in [1.807, 2.05) is 0 Å². The molecule has 106 valence electrons. The van der Waals surface area contributed by atoms with Crippen LogP contribution in [0.2, 0.25) is 0 Å². The summed E-state index contributed by atoms with van der Waals surface area (Å²) < 4.78 is 0. The quantitative estimate of drug-likeness (QED) is 0.444. The van der Waals surface area contributed by atoms with Crippen molar-refractivity contribution in [1.29, 1.82) is 0 Å². The second-order valence-electron chi connectivity index (χ2n) is 4.74. The Morgan fingerprint density at radius 3 is 2.79 bits per heavy atom. The molecule has 0 spiro atoms. The summed E-state index contributed by atoms with van der Waals surface area (Å²) in [6.07, 6.45) is 2.02. The zero-order valence-corrected chi connectivity index (χ0v) is 12.5. The first kappa shape index (κ1) is 15.8. The Hall–Kier alpha value is -1.30. The van der Waals surface area contributed by atoms with Gasteiger partial charge in [0.25, 0.3) is 0 Å². The van der Waals surface area contributed by atoms with Gasteiger partial charge in [-0.05, 0) is 30.6 Å². The summed E-state index contributed by atoms with van der Waals surface area (Å²) in [7, 11) is 0. The van der Waals surface area contributed by atoms with Crippen molar-refractivity contribution in [2.24, 2.45) is 5.92 Å². The number of hydrogen-bond acceptors (Lipinski definition) is 5. The van der Waals surface area contributed by atoms with Gasteiger partial charge in [-0.25, -0.2) is 4.98 Å². The molecule has 0 unspecified atom stereocenters. The highest BCUT2D eigenvalue weighted by atomic mass is 32.2. The fourth-order valence-corrected chi connectivity index (χ4v) is 2.66. The van der Waals surface area contributed by atoms with Crippen LogP contribution < -0.4 is 5.32 Å². The normalized spacial score (nSPS) is 10.7. The fourth-order valence-electron chi connectivity index (χ4n) is 1.42. The van der Waals surface area contributed by atoms with E-state index in [9.17, 15) is 10.1 Å². The van der Waals surface area contributed by atoms with Gasteiger partial charge < -0.3 is 5.32 Å². The number of nitrogens with zero attached hydrogens (tertiary/aromatic N) is 2. The van der Waals surface area contributed by atoms with Crippen molar-refractivity contribution in [1.82, 2.24) is 4.98 Å². The molecule has 1 N–H and O–H groups in total. The average Bonchev–Trinajstić information content (AvgIpc) is 2.35. The lowest BCUT2D eigenvalue weighted by atomic mass is 10.2. The van der Waals surface area contributed by atoms with Gasteiger partial charge in [0.1, 0.15) is 5.82 Å². The molecule has 0 atom stereocenters. The topological polar surface area (TPSA) is 68.1 Å². The molecule has 0 radical (unpaired) electrons. The van der Waals surface area contributed by atoms with Crippen LogP contribution in [0.1, 0.15) is 33.6 Å². The molecule has 0 aromatic carbocycles. The Morgan fingerprint density at radius 2 is 2.21 bits per heavy atom. The van der Waals surface area contributed by atoms with E-state index in [0.29, 0.717) is 16.8 Å². The lowest BCUT2D eigenvalue weighted by molar-refractivity contribution is -0.388. The predicted molar refractivity (Wildman–Crippen MR) is 79.9 cm³/mol. The first-order valence-corrected chi connectivity index (χ1v) is 7.55. The molecule has 0 aliphatic carbocycles. The summed E-state index contributed by atoms with van der Waals surface area (Å²) in [5, 5.41) is 14.6. The molecule has 0 saturated carbocycles. The van der Waals surface area contributed by atoms with Crippen LogP contribution in [0.4, 0.5) is 11.5 Å². The molecule has 0 bridgehead atoms. The molecular formula is C13H21N3O2S. The minimum absolute atomic E-state index is 0.0933. The van der Waals surface area contributed by atoms with Gasteiger partial charge in [-0.15, -0.1) is 0 Å². The van der Waals surface area contributed by atoms with Crippen LogP contribution in [0.5, 0.6) is 0 Å². The first-order valence-electron chi connectivity index (χ1n) is 6.56. The summed E-state index contributed by atoms with van der Waals surface area (Å²) in [6, 6.07) is 3.20. The summed E-state index contributed by atoms with van der Waals surface area (Å²) in [5.41, 5.74) is 0.0933. The summed E-state index contributed by atoms with van der Waals surface area (Å²) in [5.74, 6) is 2.15. The summed E-state index contributed by atoms with van der Waals surface area (Å²) >= 11 is 1.46. The number of hydrogen-bond donors (Lipinski definition) is 1. The highest BCUT2D eigenvalue weighted by Gasteiger charge is 2.16. The Labute approximate surface area is 118 Å². The van der Waals surface area contributed by atoms with E-state index >= 15 is 0 Å². The second-order valence-corrected chi connectivity index (χ2v) is 5.82. The molecule has 1 aromatic rings. The smallest absolute Gasteiger partial charge is 0.301 e. The van der Waals surface area contributed by atoms with Gasteiger partial charge in [0.05, 0.1) is 4.92 Å². The van der Waals surface area contributed by atoms with Crippen LogP contribution >= 0.6 is 11.8 Å². The van der Waals surface area contributed by atoms with Crippen LogP contribution in [0, 0.1) is 16.0 Å². The third kappa shape index (κ3) is 5.46. The Morgan fingerprint density at radius 1 is 1.47 bits per heavy atom. The molecular weight excluding hydrogens is 262 g/mol. The van der Waals surface area contributed by atoms with E-state index in [2.05, 4.69) is 31.1 Å². The zero-order valence-electron chi connectivity index (χ0n) is 11.7. The van der Waals surface area contributed by atoms with E-state index in [4.69, 9.17) is 0 Å². The highest BCUT2D eigenvalue weighted by Crippen LogP contribution is 2.29. The molecule has 5 nitrogen and oxygen atoms in total. The van der Waals surface area contributed by atoms with Gasteiger partial charge in [-0.3, -0.25) is 10.1 Å². The Kier molecular flexibility index (Phi) is 6.62. The van der Waals surface area contributed by atoms with Crippen LogP contribution in [0.15, 0.2) is 17.2 Å². The Balaban J connectivity index is 2.79. The predicted octanol–water partition coefficient (Wildman–Crippen LogP) is 3.95. The molecule has 0 amide bonds. The van der Waals surface area contributed by atoms with E-state index < -0.39 is 0 Å². The minimum atomic E-state index is -0.367. The third-order valence-corrected chi connectivity index (χ3v) is 3.54. The lowest BCUT2D eigenvalue weighted by Gasteiger charge is -2.08. The number of anilines is 1. The molecule has 0 fully saturated rings. The number of aromatic nitrogens is 1. The second kappa shape index (κ2) is 7.99. The first-order chi connectivity index (χ1) is 9.04. The zero-order chi connectivity index (χ0) is 14.3.